The second-order valence-electron chi connectivity index (χ2n) is 3.82. The fourth-order valence-electron chi connectivity index (χ4n) is 1.31. The number of hydrogen-bond donors (Lipinski definition) is 2. The Balaban J connectivity index is 2.67. The lowest BCUT2D eigenvalue weighted by molar-refractivity contribution is -0.127. The van der Waals surface area contributed by atoms with Crippen LogP contribution >= 0.6 is 28.1 Å². The summed E-state index contributed by atoms with van der Waals surface area (Å²) in [7, 11) is 1.77. The van der Waals surface area contributed by atoms with E-state index in [4.69, 9.17) is 18.0 Å². The van der Waals surface area contributed by atoms with Gasteiger partial charge in [-0.15, -0.1) is 0 Å². The second kappa shape index (κ2) is 6.70. The molecule has 0 saturated carbocycles. The van der Waals surface area contributed by atoms with Gasteiger partial charge >= 0.3 is 0 Å². The summed E-state index contributed by atoms with van der Waals surface area (Å²) in [6.45, 7) is 2.90. The first-order valence-corrected chi connectivity index (χ1v) is 6.73. The van der Waals surface area contributed by atoms with Gasteiger partial charge in [-0.1, -0.05) is 12.2 Å². The molecule has 0 atom stereocenters. The number of amides is 1. The summed E-state index contributed by atoms with van der Waals surface area (Å²) in [6, 6.07) is 5.52. The SMILES string of the molecule is CCN(C)C(=O)CNc1ccc(C(N)=S)c(Br)c1. The molecule has 0 aliphatic heterocycles. The van der Waals surface area contributed by atoms with Crippen LogP contribution in [0, 0.1) is 0 Å². The van der Waals surface area contributed by atoms with Crippen LogP contribution in [0.1, 0.15) is 12.5 Å². The highest BCUT2D eigenvalue weighted by molar-refractivity contribution is 9.10. The zero-order chi connectivity index (χ0) is 13.7. The average molecular weight is 330 g/mol. The zero-order valence-electron chi connectivity index (χ0n) is 10.4. The Morgan fingerprint density at radius 3 is 2.72 bits per heavy atom. The number of anilines is 1. The number of nitrogens with two attached hydrogens (primary N) is 1. The topological polar surface area (TPSA) is 58.4 Å². The van der Waals surface area contributed by atoms with Gasteiger partial charge in [0.05, 0.1) is 6.54 Å². The van der Waals surface area contributed by atoms with Gasteiger partial charge in [0.2, 0.25) is 5.91 Å². The standard InChI is InChI=1S/C12H16BrN3OS/c1-3-16(2)11(17)7-15-8-4-5-9(12(14)18)10(13)6-8/h4-6,15H,3,7H2,1-2H3,(H2,14,18). The first-order chi connectivity index (χ1) is 8.45. The monoisotopic (exact) mass is 329 g/mol. The number of rotatable bonds is 5. The van der Waals surface area contributed by atoms with Crippen LogP contribution in [0.4, 0.5) is 5.69 Å². The van der Waals surface area contributed by atoms with Crippen LogP contribution in [0.3, 0.4) is 0 Å². The minimum Gasteiger partial charge on any atom is -0.389 e. The number of likely N-dealkylation sites (N-methyl/N-ethyl adjacent to an activating group) is 1. The Bertz CT molecular complexity index is 465. The normalized spacial score (nSPS) is 9.94. The minimum atomic E-state index is 0.0482. The molecule has 0 unspecified atom stereocenters. The predicted octanol–water partition coefficient (Wildman–Crippen LogP) is 1.97. The van der Waals surface area contributed by atoms with E-state index in [0.29, 0.717) is 11.5 Å². The predicted molar refractivity (Wildman–Crippen MR) is 81.8 cm³/mol. The minimum absolute atomic E-state index is 0.0482. The van der Waals surface area contributed by atoms with Crippen molar-refractivity contribution in [2.45, 2.75) is 6.92 Å². The maximum Gasteiger partial charge on any atom is 0.241 e. The molecule has 1 amide bonds. The van der Waals surface area contributed by atoms with Gasteiger partial charge in [0.25, 0.3) is 0 Å². The van der Waals surface area contributed by atoms with Crippen LogP contribution in [0.5, 0.6) is 0 Å². The molecular weight excluding hydrogens is 314 g/mol. The van der Waals surface area contributed by atoms with E-state index in [1.54, 1.807) is 11.9 Å². The van der Waals surface area contributed by atoms with E-state index in [0.717, 1.165) is 15.7 Å². The lowest BCUT2D eigenvalue weighted by Crippen LogP contribution is -2.31. The molecule has 4 nitrogen and oxygen atoms in total. The summed E-state index contributed by atoms with van der Waals surface area (Å²) in [5.74, 6) is 0.0482. The van der Waals surface area contributed by atoms with Gasteiger partial charge in [-0.05, 0) is 41.1 Å². The van der Waals surface area contributed by atoms with E-state index in [1.165, 1.54) is 0 Å². The Morgan fingerprint density at radius 2 is 2.22 bits per heavy atom. The van der Waals surface area contributed by atoms with Crippen LogP contribution in [-0.2, 0) is 4.79 Å². The molecule has 0 radical (unpaired) electrons. The molecule has 1 aromatic rings. The number of carbonyl (C=O) groups is 1. The van der Waals surface area contributed by atoms with Gasteiger partial charge in [-0.2, -0.15) is 0 Å². The third kappa shape index (κ3) is 3.96. The molecule has 18 heavy (non-hydrogen) atoms. The summed E-state index contributed by atoms with van der Waals surface area (Å²) >= 11 is 8.31. The molecule has 0 heterocycles. The van der Waals surface area contributed by atoms with Crippen molar-refractivity contribution in [2.75, 3.05) is 25.5 Å². The fourth-order valence-corrected chi connectivity index (χ4v) is 2.22. The van der Waals surface area contributed by atoms with E-state index in [9.17, 15) is 4.79 Å². The van der Waals surface area contributed by atoms with E-state index in [1.807, 2.05) is 25.1 Å². The van der Waals surface area contributed by atoms with Gasteiger partial charge in [0.15, 0.2) is 0 Å². The summed E-state index contributed by atoms with van der Waals surface area (Å²) in [4.78, 5) is 13.6. The third-order valence-corrected chi connectivity index (χ3v) is 3.45. The second-order valence-corrected chi connectivity index (χ2v) is 5.11. The summed E-state index contributed by atoms with van der Waals surface area (Å²) in [5.41, 5.74) is 7.20. The maximum atomic E-state index is 11.6. The van der Waals surface area contributed by atoms with Crippen molar-refractivity contribution < 1.29 is 4.79 Å². The number of hydrogen-bond acceptors (Lipinski definition) is 3. The lowest BCUT2D eigenvalue weighted by atomic mass is 10.2. The van der Waals surface area contributed by atoms with Gasteiger partial charge < -0.3 is 16.0 Å². The highest BCUT2D eigenvalue weighted by Crippen LogP contribution is 2.21. The van der Waals surface area contributed by atoms with Crippen LogP contribution in [0.2, 0.25) is 0 Å². The van der Waals surface area contributed by atoms with Crippen LogP contribution in [0.25, 0.3) is 0 Å². The van der Waals surface area contributed by atoms with E-state index in [2.05, 4.69) is 21.2 Å². The molecule has 0 aromatic heterocycles. The maximum absolute atomic E-state index is 11.6. The number of halogens is 1. The molecule has 0 spiro atoms. The van der Waals surface area contributed by atoms with Gasteiger partial charge in [0.1, 0.15) is 4.99 Å². The Labute approximate surface area is 121 Å². The van der Waals surface area contributed by atoms with Crippen molar-refractivity contribution in [3.8, 4) is 0 Å². The zero-order valence-corrected chi connectivity index (χ0v) is 12.8. The van der Waals surface area contributed by atoms with Gasteiger partial charge in [-0.3, -0.25) is 4.79 Å². The summed E-state index contributed by atoms with van der Waals surface area (Å²) < 4.78 is 0.816. The molecule has 0 saturated heterocycles. The Hall–Kier alpha value is -1.14. The van der Waals surface area contributed by atoms with Gasteiger partial charge in [0, 0.05) is 29.3 Å². The molecule has 0 bridgehead atoms. The van der Waals surface area contributed by atoms with Crippen molar-refractivity contribution in [2.24, 2.45) is 5.73 Å². The quantitative estimate of drug-likeness (QED) is 0.811. The van der Waals surface area contributed by atoms with Crippen LogP contribution in [0.15, 0.2) is 22.7 Å². The van der Waals surface area contributed by atoms with Crippen molar-refractivity contribution in [1.82, 2.24) is 4.90 Å². The first-order valence-electron chi connectivity index (χ1n) is 5.53. The number of nitrogens with one attached hydrogen (secondary N) is 1. The van der Waals surface area contributed by atoms with Crippen molar-refractivity contribution >= 4 is 44.7 Å². The smallest absolute Gasteiger partial charge is 0.241 e. The van der Waals surface area contributed by atoms with Crippen molar-refractivity contribution in [3.05, 3.63) is 28.2 Å². The number of benzene rings is 1. The van der Waals surface area contributed by atoms with E-state index in [-0.39, 0.29) is 12.5 Å². The molecule has 1 aromatic carbocycles. The molecular formula is C12H16BrN3OS. The highest BCUT2D eigenvalue weighted by atomic mass is 79.9. The number of carbonyl (C=O) groups excluding carboxylic acids is 1. The highest BCUT2D eigenvalue weighted by Gasteiger charge is 2.07. The van der Waals surface area contributed by atoms with Crippen molar-refractivity contribution in [3.63, 3.8) is 0 Å². The molecule has 0 fully saturated rings. The Kier molecular flexibility index (Phi) is 5.55. The lowest BCUT2D eigenvalue weighted by Gasteiger charge is -2.15. The molecule has 0 aliphatic rings. The van der Waals surface area contributed by atoms with Crippen LogP contribution in [-0.4, -0.2) is 35.9 Å². The molecule has 3 N–H and O–H groups in total. The molecule has 98 valence electrons. The van der Waals surface area contributed by atoms with E-state index < -0.39 is 0 Å². The summed E-state index contributed by atoms with van der Waals surface area (Å²) in [5, 5.41) is 3.06. The Morgan fingerprint density at radius 1 is 1.56 bits per heavy atom. The number of thiocarbonyl (C=S) groups is 1. The molecule has 6 heteroatoms. The average Bonchev–Trinajstić information content (AvgIpc) is 2.34. The van der Waals surface area contributed by atoms with Gasteiger partial charge in [-0.25, -0.2) is 0 Å². The fraction of sp³-hybridized carbons (Fsp3) is 0.333. The van der Waals surface area contributed by atoms with Crippen LogP contribution < -0.4 is 11.1 Å². The first kappa shape index (κ1) is 14.9. The molecule has 1 rings (SSSR count). The third-order valence-electron chi connectivity index (χ3n) is 2.58. The number of nitrogens with zero attached hydrogens (tertiary/aromatic N) is 1. The van der Waals surface area contributed by atoms with Crippen molar-refractivity contribution in [1.29, 1.82) is 0 Å². The van der Waals surface area contributed by atoms with E-state index >= 15 is 0 Å². The molecule has 0 aliphatic carbocycles. The summed E-state index contributed by atoms with van der Waals surface area (Å²) in [6.07, 6.45) is 0. The largest absolute Gasteiger partial charge is 0.389 e.